The van der Waals surface area contributed by atoms with E-state index in [0.29, 0.717) is 0 Å². The third kappa shape index (κ3) is 5.89. The van der Waals surface area contributed by atoms with E-state index in [0.717, 1.165) is 17.1 Å². The van der Waals surface area contributed by atoms with Crippen molar-refractivity contribution >= 4 is 70.9 Å². The first-order chi connectivity index (χ1) is 28.2. The molecule has 0 aliphatic carbocycles. The molecule has 11 aromatic rings. The van der Waals surface area contributed by atoms with Crippen molar-refractivity contribution in [3.8, 4) is 33.4 Å². The van der Waals surface area contributed by atoms with Crippen LogP contribution in [0.2, 0.25) is 0 Å². The van der Waals surface area contributed by atoms with Gasteiger partial charge in [-0.25, -0.2) is 0 Å². The molecule has 0 radical (unpaired) electrons. The number of rotatable bonds is 6. The van der Waals surface area contributed by atoms with Crippen molar-refractivity contribution in [1.82, 2.24) is 0 Å². The number of hydrogen-bond donors (Lipinski definition) is 0. The topological polar surface area (TPSA) is 3.24 Å². The Hall–Kier alpha value is -7.48. The van der Waals surface area contributed by atoms with Gasteiger partial charge >= 0.3 is 0 Å². The predicted octanol–water partition coefficient (Wildman–Crippen LogP) is 15.9. The number of anilines is 3. The van der Waals surface area contributed by atoms with Crippen molar-refractivity contribution in [2.45, 2.75) is 0 Å². The summed E-state index contributed by atoms with van der Waals surface area (Å²) < 4.78 is 0. The summed E-state index contributed by atoms with van der Waals surface area (Å²) in [5, 5.41) is 12.7. The van der Waals surface area contributed by atoms with Gasteiger partial charge in [-0.2, -0.15) is 0 Å². The summed E-state index contributed by atoms with van der Waals surface area (Å²) in [4.78, 5) is 2.36. The Morgan fingerprint density at radius 3 is 1.05 bits per heavy atom. The summed E-state index contributed by atoms with van der Waals surface area (Å²) in [6.45, 7) is 0. The van der Waals surface area contributed by atoms with Crippen LogP contribution in [0.15, 0.2) is 224 Å². The molecule has 0 fully saturated rings. The summed E-state index contributed by atoms with van der Waals surface area (Å²) >= 11 is 0. The van der Waals surface area contributed by atoms with E-state index in [2.05, 4.69) is 229 Å². The first kappa shape index (κ1) is 32.9. The molecule has 0 aromatic heterocycles. The second kappa shape index (κ2) is 13.7. The van der Waals surface area contributed by atoms with Crippen LogP contribution >= 0.6 is 0 Å². The molecule has 57 heavy (non-hydrogen) atoms. The summed E-state index contributed by atoms with van der Waals surface area (Å²) in [5.41, 5.74) is 10.6. The number of benzene rings is 11. The maximum Gasteiger partial charge on any atom is 0.0462 e. The minimum absolute atomic E-state index is 1.11. The van der Waals surface area contributed by atoms with E-state index in [4.69, 9.17) is 0 Å². The average molecular weight is 724 g/mol. The van der Waals surface area contributed by atoms with Crippen LogP contribution in [0.4, 0.5) is 17.1 Å². The Kier molecular flexibility index (Phi) is 7.89. The fourth-order valence-corrected chi connectivity index (χ4v) is 8.71. The Morgan fingerprint density at radius 2 is 0.561 bits per heavy atom. The van der Waals surface area contributed by atoms with Gasteiger partial charge in [0.1, 0.15) is 0 Å². The fourth-order valence-electron chi connectivity index (χ4n) is 8.71. The van der Waals surface area contributed by atoms with E-state index < -0.39 is 0 Å². The second-order valence-electron chi connectivity index (χ2n) is 14.9. The number of fused-ring (bicyclic) bond motifs is 7. The lowest BCUT2D eigenvalue weighted by molar-refractivity contribution is 1.28. The first-order valence-corrected chi connectivity index (χ1v) is 19.7. The molecule has 11 rings (SSSR count). The highest BCUT2D eigenvalue weighted by atomic mass is 15.1. The number of nitrogens with zero attached hydrogens (tertiary/aromatic N) is 1. The molecule has 0 N–H and O–H groups in total. The molecule has 11 aromatic carbocycles. The lowest BCUT2D eigenvalue weighted by atomic mass is 9.96. The molecule has 0 unspecified atom stereocenters. The lowest BCUT2D eigenvalue weighted by Crippen LogP contribution is -2.09. The van der Waals surface area contributed by atoms with Crippen molar-refractivity contribution < 1.29 is 0 Å². The number of hydrogen-bond acceptors (Lipinski definition) is 1. The van der Waals surface area contributed by atoms with Gasteiger partial charge in [0.2, 0.25) is 0 Å². The zero-order valence-corrected chi connectivity index (χ0v) is 31.3. The quantitative estimate of drug-likeness (QED) is 0.154. The normalized spacial score (nSPS) is 11.5. The van der Waals surface area contributed by atoms with Crippen molar-refractivity contribution in [1.29, 1.82) is 0 Å². The molecule has 0 saturated carbocycles. The minimum atomic E-state index is 1.11. The molecule has 0 spiro atoms. The molecule has 0 heterocycles. The molecular weight excluding hydrogens is 687 g/mol. The zero-order valence-electron chi connectivity index (χ0n) is 31.3. The van der Waals surface area contributed by atoms with Crippen LogP contribution in [0.25, 0.3) is 87.2 Å². The van der Waals surface area contributed by atoms with Crippen molar-refractivity contribution in [2.75, 3.05) is 4.90 Å². The van der Waals surface area contributed by atoms with Crippen molar-refractivity contribution in [3.05, 3.63) is 224 Å². The fraction of sp³-hybridized carbons (Fsp3) is 0. The van der Waals surface area contributed by atoms with Crippen LogP contribution in [-0.4, -0.2) is 0 Å². The van der Waals surface area contributed by atoms with E-state index in [9.17, 15) is 0 Å². The van der Waals surface area contributed by atoms with E-state index in [1.165, 1.54) is 87.2 Å². The van der Waals surface area contributed by atoms with Crippen LogP contribution < -0.4 is 4.90 Å². The van der Waals surface area contributed by atoms with Crippen LogP contribution in [-0.2, 0) is 0 Å². The van der Waals surface area contributed by atoms with Gasteiger partial charge in [0, 0.05) is 17.1 Å². The highest BCUT2D eigenvalue weighted by Gasteiger charge is 2.15. The maximum atomic E-state index is 2.36. The van der Waals surface area contributed by atoms with Gasteiger partial charge in [-0.05, 0) is 136 Å². The summed E-state index contributed by atoms with van der Waals surface area (Å²) in [6, 6.07) is 82.0. The summed E-state index contributed by atoms with van der Waals surface area (Å²) in [6.07, 6.45) is 0. The SMILES string of the molecule is c1ccc2c(-c3ccc(N(c4ccc(-c5ccc6c(ccc7ccccc76)c5)cc4)c4ccc(-c5ccc6c(ccc7ccccc76)c5)cc4)cc3)cccc2c1. The maximum absolute atomic E-state index is 2.36. The highest BCUT2D eigenvalue weighted by Crippen LogP contribution is 2.39. The Balaban J connectivity index is 0.967. The van der Waals surface area contributed by atoms with Gasteiger partial charge in [-0.3, -0.25) is 0 Å². The smallest absolute Gasteiger partial charge is 0.0462 e. The lowest BCUT2D eigenvalue weighted by Gasteiger charge is -2.26. The first-order valence-electron chi connectivity index (χ1n) is 19.7. The monoisotopic (exact) mass is 723 g/mol. The molecule has 0 saturated heterocycles. The molecule has 0 amide bonds. The Labute approximate surface area is 332 Å². The average Bonchev–Trinajstić information content (AvgIpc) is 3.29. The molecule has 1 heteroatoms. The Morgan fingerprint density at radius 1 is 0.211 bits per heavy atom. The van der Waals surface area contributed by atoms with Crippen LogP contribution in [0.1, 0.15) is 0 Å². The van der Waals surface area contributed by atoms with E-state index in [-0.39, 0.29) is 0 Å². The van der Waals surface area contributed by atoms with E-state index >= 15 is 0 Å². The standard InChI is InChI=1S/C56H37N/c1-4-12-51-40(8-1)11-7-15-54(51)43-24-32-50(33-25-43)57(48-28-20-38(21-29-48)44-26-34-55-46(36-44)18-16-41-9-2-5-13-52(41)55)49-30-22-39(23-31-49)45-27-35-56-47(37-45)19-17-42-10-3-6-14-53(42)56/h1-37H. The van der Waals surface area contributed by atoms with Crippen molar-refractivity contribution in [3.63, 3.8) is 0 Å². The van der Waals surface area contributed by atoms with Gasteiger partial charge in [0.05, 0.1) is 0 Å². The van der Waals surface area contributed by atoms with E-state index in [1.807, 2.05) is 0 Å². The predicted molar refractivity (Wildman–Crippen MR) is 245 cm³/mol. The molecule has 266 valence electrons. The largest absolute Gasteiger partial charge is 0.311 e. The minimum Gasteiger partial charge on any atom is -0.311 e. The Bertz CT molecular complexity index is 3100. The zero-order chi connectivity index (χ0) is 37.7. The summed E-state index contributed by atoms with van der Waals surface area (Å²) in [5.74, 6) is 0. The molecule has 0 atom stereocenters. The van der Waals surface area contributed by atoms with Gasteiger partial charge in [-0.15, -0.1) is 0 Å². The third-order valence-corrected chi connectivity index (χ3v) is 11.6. The van der Waals surface area contributed by atoms with Crippen LogP contribution in [0, 0.1) is 0 Å². The molecule has 1 nitrogen and oxygen atoms in total. The van der Waals surface area contributed by atoms with Gasteiger partial charge < -0.3 is 4.90 Å². The second-order valence-corrected chi connectivity index (χ2v) is 14.9. The van der Waals surface area contributed by atoms with Crippen molar-refractivity contribution in [2.24, 2.45) is 0 Å². The van der Waals surface area contributed by atoms with E-state index in [1.54, 1.807) is 0 Å². The molecule has 0 aliphatic heterocycles. The van der Waals surface area contributed by atoms with Gasteiger partial charge in [0.25, 0.3) is 0 Å². The van der Waals surface area contributed by atoms with Crippen LogP contribution in [0.3, 0.4) is 0 Å². The third-order valence-electron chi connectivity index (χ3n) is 11.6. The van der Waals surface area contributed by atoms with Crippen LogP contribution in [0.5, 0.6) is 0 Å². The van der Waals surface area contributed by atoms with Gasteiger partial charge in [-0.1, -0.05) is 176 Å². The summed E-state index contributed by atoms with van der Waals surface area (Å²) in [7, 11) is 0. The molecule has 0 bridgehead atoms. The molecular formula is C56H37N. The van der Waals surface area contributed by atoms with Gasteiger partial charge in [0.15, 0.2) is 0 Å². The highest BCUT2D eigenvalue weighted by molar-refractivity contribution is 6.09. The molecule has 0 aliphatic rings.